The van der Waals surface area contributed by atoms with E-state index in [1.165, 1.54) is 12.1 Å². The Morgan fingerprint density at radius 2 is 2.13 bits per heavy atom. The van der Waals surface area contributed by atoms with Crippen LogP contribution in [0.2, 0.25) is 0 Å². The SMILES string of the molecule is CCn1cc(Br)cc1C(=O)N1CCOC(c2ccc(F)cc2)C1. The zero-order valence-corrected chi connectivity index (χ0v) is 14.4. The highest BCUT2D eigenvalue weighted by atomic mass is 79.9. The second-order valence-corrected chi connectivity index (χ2v) is 6.41. The Kier molecular flexibility index (Phi) is 4.82. The molecular formula is C17H18BrFN2O2. The Morgan fingerprint density at radius 1 is 1.39 bits per heavy atom. The Labute approximate surface area is 143 Å². The van der Waals surface area contributed by atoms with Crippen LogP contribution in [0.1, 0.15) is 29.1 Å². The van der Waals surface area contributed by atoms with Gasteiger partial charge in [0.25, 0.3) is 5.91 Å². The number of rotatable bonds is 3. The van der Waals surface area contributed by atoms with Crippen molar-refractivity contribution < 1.29 is 13.9 Å². The van der Waals surface area contributed by atoms with Crippen molar-refractivity contribution in [1.82, 2.24) is 9.47 Å². The Bertz CT molecular complexity index is 699. The van der Waals surface area contributed by atoms with Crippen LogP contribution in [0.15, 0.2) is 41.0 Å². The number of aryl methyl sites for hydroxylation is 1. The zero-order valence-electron chi connectivity index (χ0n) is 12.8. The van der Waals surface area contributed by atoms with E-state index in [9.17, 15) is 9.18 Å². The standard InChI is InChI=1S/C17H18BrFN2O2/c1-2-20-10-13(18)9-15(20)17(22)21-7-8-23-16(11-21)12-3-5-14(19)6-4-12/h3-6,9-10,16H,2,7-8,11H2,1H3. The van der Waals surface area contributed by atoms with Crippen LogP contribution in [-0.2, 0) is 11.3 Å². The molecule has 0 radical (unpaired) electrons. The maximum absolute atomic E-state index is 13.1. The smallest absolute Gasteiger partial charge is 0.270 e. The molecular weight excluding hydrogens is 363 g/mol. The highest BCUT2D eigenvalue weighted by molar-refractivity contribution is 9.10. The molecule has 0 spiro atoms. The summed E-state index contributed by atoms with van der Waals surface area (Å²) < 4.78 is 21.6. The van der Waals surface area contributed by atoms with E-state index < -0.39 is 0 Å². The van der Waals surface area contributed by atoms with Crippen molar-refractivity contribution in [2.24, 2.45) is 0 Å². The molecule has 0 aliphatic carbocycles. The van der Waals surface area contributed by atoms with Gasteiger partial charge in [0.2, 0.25) is 0 Å². The third kappa shape index (κ3) is 3.48. The van der Waals surface area contributed by atoms with Gasteiger partial charge in [-0.1, -0.05) is 12.1 Å². The molecule has 1 aromatic heterocycles. The first kappa shape index (κ1) is 16.2. The van der Waals surface area contributed by atoms with Gasteiger partial charge in [0.05, 0.1) is 13.2 Å². The molecule has 0 saturated carbocycles. The molecule has 0 N–H and O–H groups in total. The van der Waals surface area contributed by atoms with Crippen molar-refractivity contribution in [1.29, 1.82) is 0 Å². The quantitative estimate of drug-likeness (QED) is 0.814. The van der Waals surface area contributed by atoms with Crippen molar-refractivity contribution in [2.75, 3.05) is 19.7 Å². The van der Waals surface area contributed by atoms with Crippen LogP contribution in [0.4, 0.5) is 4.39 Å². The number of hydrogen-bond donors (Lipinski definition) is 0. The first-order valence-corrected chi connectivity index (χ1v) is 8.39. The summed E-state index contributed by atoms with van der Waals surface area (Å²) in [5.41, 5.74) is 1.55. The maximum Gasteiger partial charge on any atom is 0.270 e. The second-order valence-electron chi connectivity index (χ2n) is 5.49. The van der Waals surface area contributed by atoms with E-state index in [-0.39, 0.29) is 17.8 Å². The van der Waals surface area contributed by atoms with Crippen molar-refractivity contribution in [2.45, 2.75) is 19.6 Å². The number of halogens is 2. The fourth-order valence-corrected chi connectivity index (χ4v) is 3.25. The molecule has 1 aliphatic rings. The third-order valence-electron chi connectivity index (χ3n) is 4.02. The van der Waals surface area contributed by atoms with Gasteiger partial charge in [0.1, 0.15) is 17.6 Å². The molecule has 1 unspecified atom stereocenters. The number of hydrogen-bond acceptors (Lipinski definition) is 2. The summed E-state index contributed by atoms with van der Waals surface area (Å²) in [6.07, 6.45) is 1.69. The lowest BCUT2D eigenvalue weighted by Crippen LogP contribution is -2.42. The molecule has 2 heterocycles. The summed E-state index contributed by atoms with van der Waals surface area (Å²) in [6, 6.07) is 8.09. The number of aromatic nitrogens is 1. The van der Waals surface area contributed by atoms with Gasteiger partial charge in [0, 0.05) is 23.8 Å². The summed E-state index contributed by atoms with van der Waals surface area (Å²) in [7, 11) is 0. The number of amides is 1. The van der Waals surface area contributed by atoms with Crippen molar-refractivity contribution in [3.05, 3.63) is 58.1 Å². The predicted molar refractivity (Wildman–Crippen MR) is 88.8 cm³/mol. The summed E-state index contributed by atoms with van der Waals surface area (Å²) in [5, 5.41) is 0. The molecule has 6 heteroatoms. The number of morpholine rings is 1. The topological polar surface area (TPSA) is 34.5 Å². The summed E-state index contributed by atoms with van der Waals surface area (Å²) in [4.78, 5) is 14.6. The molecule has 1 saturated heterocycles. The van der Waals surface area contributed by atoms with Gasteiger partial charge in [-0.15, -0.1) is 0 Å². The second kappa shape index (κ2) is 6.84. The summed E-state index contributed by atoms with van der Waals surface area (Å²) in [5.74, 6) is -0.281. The minimum Gasteiger partial charge on any atom is -0.370 e. The van der Waals surface area contributed by atoms with Crippen LogP contribution in [0.25, 0.3) is 0 Å². The molecule has 2 aromatic rings. The van der Waals surface area contributed by atoms with E-state index in [2.05, 4.69) is 15.9 Å². The number of nitrogens with zero attached hydrogens (tertiary/aromatic N) is 2. The minimum atomic E-state index is -0.275. The number of carbonyl (C=O) groups excluding carboxylic acids is 1. The minimum absolute atomic E-state index is 0.00652. The van der Waals surface area contributed by atoms with Crippen molar-refractivity contribution in [3.8, 4) is 0 Å². The summed E-state index contributed by atoms with van der Waals surface area (Å²) >= 11 is 3.42. The van der Waals surface area contributed by atoms with Gasteiger partial charge >= 0.3 is 0 Å². The highest BCUT2D eigenvalue weighted by Crippen LogP contribution is 2.24. The third-order valence-corrected chi connectivity index (χ3v) is 4.45. The number of benzene rings is 1. The fourth-order valence-electron chi connectivity index (χ4n) is 2.79. The Hall–Kier alpha value is -1.66. The van der Waals surface area contributed by atoms with Gasteiger partial charge in [-0.3, -0.25) is 4.79 Å². The number of ether oxygens (including phenoxy) is 1. The average molecular weight is 381 g/mol. The molecule has 1 fully saturated rings. The Balaban J connectivity index is 1.77. The van der Waals surface area contributed by atoms with Crippen molar-refractivity contribution in [3.63, 3.8) is 0 Å². The molecule has 1 amide bonds. The maximum atomic E-state index is 13.1. The lowest BCUT2D eigenvalue weighted by atomic mass is 10.1. The lowest BCUT2D eigenvalue weighted by molar-refractivity contribution is -0.0231. The van der Waals surface area contributed by atoms with Crippen LogP contribution in [-0.4, -0.2) is 35.1 Å². The van der Waals surface area contributed by atoms with Gasteiger partial charge in [-0.05, 0) is 46.6 Å². The first-order valence-electron chi connectivity index (χ1n) is 7.60. The molecule has 0 bridgehead atoms. The van der Waals surface area contributed by atoms with Crippen LogP contribution in [0, 0.1) is 5.82 Å². The predicted octanol–water partition coefficient (Wildman–Crippen LogP) is 3.62. The zero-order chi connectivity index (χ0) is 16.4. The first-order chi connectivity index (χ1) is 11.1. The van der Waals surface area contributed by atoms with Gasteiger partial charge in [0.15, 0.2) is 0 Å². The Morgan fingerprint density at radius 3 is 2.83 bits per heavy atom. The van der Waals surface area contributed by atoms with E-state index >= 15 is 0 Å². The normalized spacial score (nSPS) is 18.2. The van der Waals surface area contributed by atoms with Crippen LogP contribution < -0.4 is 0 Å². The summed E-state index contributed by atoms with van der Waals surface area (Å²) in [6.45, 7) is 4.24. The highest BCUT2D eigenvalue weighted by Gasteiger charge is 2.27. The van der Waals surface area contributed by atoms with Crippen molar-refractivity contribution >= 4 is 21.8 Å². The molecule has 122 valence electrons. The monoisotopic (exact) mass is 380 g/mol. The van der Waals surface area contributed by atoms with E-state index in [1.54, 1.807) is 17.0 Å². The van der Waals surface area contributed by atoms with E-state index in [0.29, 0.717) is 25.4 Å². The largest absolute Gasteiger partial charge is 0.370 e. The van der Waals surface area contributed by atoms with Crippen LogP contribution >= 0.6 is 15.9 Å². The van der Waals surface area contributed by atoms with Crippen LogP contribution in [0.5, 0.6) is 0 Å². The average Bonchev–Trinajstić information content (AvgIpc) is 2.96. The molecule has 4 nitrogen and oxygen atoms in total. The van der Waals surface area contributed by atoms with E-state index in [1.807, 2.05) is 23.8 Å². The van der Waals surface area contributed by atoms with Gasteiger partial charge in [-0.2, -0.15) is 0 Å². The molecule has 1 aliphatic heterocycles. The number of carbonyl (C=O) groups is 1. The molecule has 1 aromatic carbocycles. The van der Waals surface area contributed by atoms with E-state index in [4.69, 9.17) is 4.74 Å². The van der Waals surface area contributed by atoms with Gasteiger partial charge < -0.3 is 14.2 Å². The molecule has 3 rings (SSSR count). The molecule has 1 atom stereocenters. The molecule has 23 heavy (non-hydrogen) atoms. The van der Waals surface area contributed by atoms with Crippen LogP contribution in [0.3, 0.4) is 0 Å². The van der Waals surface area contributed by atoms with Gasteiger partial charge in [-0.25, -0.2) is 4.39 Å². The fraction of sp³-hybridized carbons (Fsp3) is 0.353. The lowest BCUT2D eigenvalue weighted by Gasteiger charge is -2.33. The van der Waals surface area contributed by atoms with E-state index in [0.717, 1.165) is 16.6 Å².